The average Bonchev–Trinajstić information content (AvgIpc) is 2.85. The van der Waals surface area contributed by atoms with E-state index in [2.05, 4.69) is 4.52 Å². The summed E-state index contributed by atoms with van der Waals surface area (Å²) in [5, 5.41) is 68.3. The van der Waals surface area contributed by atoms with Gasteiger partial charge in [0.25, 0.3) is 0 Å². The van der Waals surface area contributed by atoms with Crippen molar-refractivity contribution >= 4 is 83.3 Å². The van der Waals surface area contributed by atoms with Gasteiger partial charge in [0.05, 0.1) is 13.2 Å². The summed E-state index contributed by atoms with van der Waals surface area (Å²) in [5.74, 6) is -2.35. The molecule has 9 atom stereocenters. The van der Waals surface area contributed by atoms with Crippen molar-refractivity contribution in [3.05, 3.63) is 0 Å². The van der Waals surface area contributed by atoms with Crippen LogP contribution in [0.2, 0.25) is 0 Å². The fourth-order valence-electron chi connectivity index (χ4n) is 2.79. The quantitative estimate of drug-likeness (QED) is 0.107. The molecule has 0 unspecified atom stereocenters. The number of ether oxygens (including phenoxy) is 3. The second kappa shape index (κ2) is 15.3. The van der Waals surface area contributed by atoms with Gasteiger partial charge in [-0.15, -0.1) is 0 Å². The Balaban J connectivity index is -0.00000196. The van der Waals surface area contributed by atoms with Crippen molar-refractivity contribution in [3.8, 4) is 0 Å². The molecule has 184 valence electrons. The first-order valence-electron chi connectivity index (χ1n) is 7.79. The summed E-state index contributed by atoms with van der Waals surface area (Å²) in [4.78, 5) is 17.4. The van der Waals surface area contributed by atoms with E-state index in [1.165, 1.54) is 0 Å². The number of aliphatic hydroxyl groups excluding tert-OH is 7. The molecule has 0 saturated carbocycles. The molecule has 0 aromatic heterocycles. The van der Waals surface area contributed by atoms with Crippen LogP contribution < -0.4 is 0 Å². The first-order chi connectivity index (χ1) is 12.5. The SMILES string of the molecule is O.O.O=P(O)(O)OC[C@H]1O[C@H](O[C@]2(CO)O[C@H](CO)[C@@H](O)[C@@H]2O)[C@H](O)[C@@H](O)[C@@H]1O.[CaH2].[CaH2]. The monoisotopic (exact) mass is 542 g/mol. The van der Waals surface area contributed by atoms with E-state index in [4.69, 9.17) is 29.1 Å². The van der Waals surface area contributed by atoms with Crippen molar-refractivity contribution < 1.29 is 79.8 Å². The van der Waals surface area contributed by atoms with Gasteiger partial charge < -0.3 is 70.7 Å². The molecule has 0 aromatic rings. The summed E-state index contributed by atoms with van der Waals surface area (Å²) in [6, 6.07) is 0. The molecular weight excluding hydrogens is 511 g/mol. The zero-order chi connectivity index (χ0) is 20.6. The minimum atomic E-state index is -4.93. The first kappa shape index (κ1) is 37.7. The van der Waals surface area contributed by atoms with Crippen molar-refractivity contribution in [2.24, 2.45) is 0 Å². The molecule has 2 saturated heterocycles. The molecule has 2 heterocycles. The molecule has 2 aliphatic heterocycles. The molecule has 2 aliphatic rings. The molecule has 31 heavy (non-hydrogen) atoms. The first-order valence-corrected chi connectivity index (χ1v) is 9.32. The predicted molar refractivity (Wildman–Crippen MR) is 104 cm³/mol. The van der Waals surface area contributed by atoms with E-state index in [1.54, 1.807) is 0 Å². The van der Waals surface area contributed by atoms with Gasteiger partial charge in [-0.3, -0.25) is 4.52 Å². The zero-order valence-corrected chi connectivity index (χ0v) is 15.6. The fourth-order valence-corrected chi connectivity index (χ4v) is 3.13. The summed E-state index contributed by atoms with van der Waals surface area (Å²) in [6.07, 6.45) is -14.0. The Hall–Kier alpha value is 2.15. The van der Waals surface area contributed by atoms with Crippen LogP contribution in [0.25, 0.3) is 0 Å². The summed E-state index contributed by atoms with van der Waals surface area (Å²) in [5.41, 5.74) is 0. The van der Waals surface area contributed by atoms with Crippen molar-refractivity contribution in [2.75, 3.05) is 19.8 Å². The van der Waals surface area contributed by atoms with Crippen molar-refractivity contribution in [1.82, 2.24) is 0 Å². The summed E-state index contributed by atoms with van der Waals surface area (Å²) in [7, 11) is -4.93. The van der Waals surface area contributed by atoms with Crippen molar-refractivity contribution in [1.29, 1.82) is 0 Å². The third-order valence-electron chi connectivity index (χ3n) is 4.30. The van der Waals surface area contributed by atoms with E-state index in [1.807, 2.05) is 0 Å². The maximum atomic E-state index is 10.8. The van der Waals surface area contributed by atoms with Gasteiger partial charge in [-0.05, 0) is 0 Å². The third-order valence-corrected chi connectivity index (χ3v) is 4.78. The third kappa shape index (κ3) is 8.95. The number of hydrogen-bond acceptors (Lipinski definition) is 12. The summed E-state index contributed by atoms with van der Waals surface area (Å²) < 4.78 is 30.4. The molecule has 0 aromatic carbocycles. The van der Waals surface area contributed by atoms with Crippen LogP contribution >= 0.6 is 7.82 Å². The minimum absolute atomic E-state index is 0. The van der Waals surface area contributed by atoms with Gasteiger partial charge in [-0.25, -0.2) is 4.57 Å². The van der Waals surface area contributed by atoms with Crippen molar-refractivity contribution in [2.45, 2.75) is 54.8 Å². The summed E-state index contributed by atoms with van der Waals surface area (Å²) in [6.45, 7) is -2.69. The van der Waals surface area contributed by atoms with E-state index in [0.29, 0.717) is 0 Å². The van der Waals surface area contributed by atoms with Gasteiger partial charge in [0.2, 0.25) is 5.79 Å². The molecule has 2 rings (SSSR count). The van der Waals surface area contributed by atoms with Gasteiger partial charge in [0, 0.05) is 0 Å². The summed E-state index contributed by atoms with van der Waals surface area (Å²) >= 11 is 0. The van der Waals surface area contributed by atoms with Gasteiger partial charge in [0.15, 0.2) is 6.29 Å². The Morgan fingerprint density at radius 3 is 1.84 bits per heavy atom. The van der Waals surface area contributed by atoms with Gasteiger partial charge in [0.1, 0.15) is 49.3 Å². The van der Waals surface area contributed by atoms with Crippen LogP contribution in [0.4, 0.5) is 0 Å². The van der Waals surface area contributed by atoms with Crippen LogP contribution in [0.5, 0.6) is 0 Å². The molecule has 16 nitrogen and oxygen atoms in total. The van der Waals surface area contributed by atoms with Crippen LogP contribution in [-0.4, -0.2) is 207 Å². The standard InChI is InChI=1S/C12H23O14P.2Ca.2H2O.4H/c13-1-4-7(16)10(19)12(3-14,25-4)26-11-9(18)8(17)6(15)5(24-11)2-23-27(20,21)22;;;;;;;;/h4-11,13-19H,1-3H2,(H2,20,21,22);;;2*1H2;;;;/t4-,5-,6-,7-,8+,9-,10+,11-,12+;;;;;;;;/m1......../s1. The predicted octanol–water partition coefficient (Wildman–Crippen LogP) is -8.76. The molecule has 0 aliphatic carbocycles. The van der Waals surface area contributed by atoms with Crippen LogP contribution in [0.1, 0.15) is 0 Å². The molecule has 19 heteroatoms. The molecular formula is C12H31Ca2O16P. The number of aliphatic hydroxyl groups is 7. The maximum absolute atomic E-state index is 10.8. The van der Waals surface area contributed by atoms with E-state index >= 15 is 0 Å². The Morgan fingerprint density at radius 1 is 0.871 bits per heavy atom. The fraction of sp³-hybridized carbons (Fsp3) is 1.00. The van der Waals surface area contributed by atoms with E-state index in [0.717, 1.165) is 0 Å². The van der Waals surface area contributed by atoms with Gasteiger partial charge in [-0.2, -0.15) is 0 Å². The van der Waals surface area contributed by atoms with E-state index in [9.17, 15) is 35.2 Å². The molecule has 13 N–H and O–H groups in total. The molecule has 2 fully saturated rings. The topological polar surface area (TPSA) is 299 Å². The average molecular weight is 542 g/mol. The van der Waals surface area contributed by atoms with Crippen molar-refractivity contribution in [3.63, 3.8) is 0 Å². The number of hydrogen-bond donors (Lipinski definition) is 9. The Kier molecular flexibility index (Phi) is 18.6. The Labute approximate surface area is 235 Å². The van der Waals surface area contributed by atoms with Crippen LogP contribution in [0.3, 0.4) is 0 Å². The molecule has 0 radical (unpaired) electrons. The van der Waals surface area contributed by atoms with Crippen LogP contribution in [0.15, 0.2) is 0 Å². The zero-order valence-electron chi connectivity index (χ0n) is 14.8. The van der Waals surface area contributed by atoms with Gasteiger partial charge in [-0.1, -0.05) is 0 Å². The second-order valence-corrected chi connectivity index (χ2v) is 7.40. The molecule has 0 amide bonds. The molecule has 0 spiro atoms. The molecule has 0 bridgehead atoms. The van der Waals surface area contributed by atoms with Crippen LogP contribution in [-0.2, 0) is 23.3 Å². The number of phosphoric ester groups is 1. The van der Waals surface area contributed by atoms with Crippen LogP contribution in [0, 0.1) is 0 Å². The number of rotatable bonds is 7. The number of phosphoric acid groups is 1. The van der Waals surface area contributed by atoms with E-state index < -0.39 is 82.4 Å². The Bertz CT molecular complexity index is 555. The normalized spacial score (nSPS) is 40.0. The second-order valence-electron chi connectivity index (χ2n) is 6.16. The van der Waals surface area contributed by atoms with E-state index in [-0.39, 0.29) is 86.4 Å². The van der Waals surface area contributed by atoms with Gasteiger partial charge >= 0.3 is 83.3 Å². The Morgan fingerprint density at radius 2 is 1.42 bits per heavy atom.